The minimum Gasteiger partial charge on any atom is -0.323 e. The maximum Gasteiger partial charge on any atom is 0.0991 e. The monoisotopic (exact) mass is 229 g/mol. The van der Waals surface area contributed by atoms with Crippen LogP contribution in [0.4, 0.5) is 0 Å². The molecule has 2 atom stereocenters. The standard InChI is InChI=1S/C14H19N3/c1-11-4-3-7-17(11)10-14(16)13-6-2-5-12(8-13)9-15/h2,5-6,8,11,14H,3-4,7,10,16H2,1H3/t11?,14-/m1/s1. The van der Waals surface area contributed by atoms with Gasteiger partial charge in [0.05, 0.1) is 11.6 Å². The molecule has 0 spiro atoms. The average molecular weight is 229 g/mol. The molecule has 1 aliphatic heterocycles. The number of rotatable bonds is 3. The van der Waals surface area contributed by atoms with Crippen molar-refractivity contribution in [3.63, 3.8) is 0 Å². The van der Waals surface area contributed by atoms with E-state index < -0.39 is 0 Å². The third kappa shape index (κ3) is 2.85. The van der Waals surface area contributed by atoms with E-state index in [1.165, 1.54) is 12.8 Å². The molecule has 0 aliphatic carbocycles. The molecular formula is C14H19N3. The van der Waals surface area contributed by atoms with Crippen molar-refractivity contribution < 1.29 is 0 Å². The van der Waals surface area contributed by atoms with Crippen LogP contribution in [-0.4, -0.2) is 24.0 Å². The van der Waals surface area contributed by atoms with Crippen LogP contribution in [0.5, 0.6) is 0 Å². The molecule has 1 aromatic rings. The van der Waals surface area contributed by atoms with Gasteiger partial charge in [0, 0.05) is 18.6 Å². The number of hydrogen-bond donors (Lipinski definition) is 1. The third-order valence-electron chi connectivity index (χ3n) is 3.57. The third-order valence-corrected chi connectivity index (χ3v) is 3.57. The lowest BCUT2D eigenvalue weighted by molar-refractivity contribution is 0.252. The summed E-state index contributed by atoms with van der Waals surface area (Å²) >= 11 is 0. The summed E-state index contributed by atoms with van der Waals surface area (Å²) in [6.45, 7) is 4.29. The molecule has 1 aliphatic rings. The predicted octanol–water partition coefficient (Wildman–Crippen LogP) is 2.04. The Morgan fingerprint density at radius 3 is 3.06 bits per heavy atom. The van der Waals surface area contributed by atoms with Crippen molar-refractivity contribution in [1.29, 1.82) is 5.26 Å². The summed E-state index contributed by atoms with van der Waals surface area (Å²) in [6, 6.07) is 10.4. The second-order valence-corrected chi connectivity index (χ2v) is 4.83. The van der Waals surface area contributed by atoms with E-state index in [-0.39, 0.29) is 6.04 Å². The summed E-state index contributed by atoms with van der Waals surface area (Å²) < 4.78 is 0. The highest BCUT2D eigenvalue weighted by atomic mass is 15.2. The number of likely N-dealkylation sites (tertiary alicyclic amines) is 1. The van der Waals surface area contributed by atoms with E-state index >= 15 is 0 Å². The van der Waals surface area contributed by atoms with Gasteiger partial charge in [-0.1, -0.05) is 12.1 Å². The van der Waals surface area contributed by atoms with Gasteiger partial charge in [-0.3, -0.25) is 4.90 Å². The largest absolute Gasteiger partial charge is 0.323 e. The summed E-state index contributed by atoms with van der Waals surface area (Å²) in [5, 5.41) is 8.87. The summed E-state index contributed by atoms with van der Waals surface area (Å²) in [6.07, 6.45) is 2.54. The first-order valence-electron chi connectivity index (χ1n) is 6.20. The van der Waals surface area contributed by atoms with Gasteiger partial charge in [-0.2, -0.15) is 5.26 Å². The Morgan fingerprint density at radius 2 is 2.41 bits per heavy atom. The predicted molar refractivity (Wildman–Crippen MR) is 68.4 cm³/mol. The zero-order chi connectivity index (χ0) is 12.3. The molecule has 1 saturated heterocycles. The van der Waals surface area contributed by atoms with Gasteiger partial charge in [0.2, 0.25) is 0 Å². The van der Waals surface area contributed by atoms with Gasteiger partial charge in [-0.05, 0) is 44.0 Å². The number of nitrogens with two attached hydrogens (primary N) is 1. The molecule has 1 unspecified atom stereocenters. The van der Waals surface area contributed by atoms with Gasteiger partial charge in [0.25, 0.3) is 0 Å². The maximum atomic E-state index is 8.87. The Kier molecular flexibility index (Phi) is 3.78. The van der Waals surface area contributed by atoms with Crippen molar-refractivity contribution in [1.82, 2.24) is 4.90 Å². The first kappa shape index (κ1) is 12.1. The van der Waals surface area contributed by atoms with Gasteiger partial charge in [0.1, 0.15) is 0 Å². The van der Waals surface area contributed by atoms with Crippen molar-refractivity contribution in [3.8, 4) is 6.07 Å². The Bertz CT molecular complexity index is 422. The molecular weight excluding hydrogens is 210 g/mol. The fraction of sp³-hybridized carbons (Fsp3) is 0.500. The summed E-state index contributed by atoms with van der Waals surface area (Å²) in [5.74, 6) is 0. The van der Waals surface area contributed by atoms with E-state index in [4.69, 9.17) is 11.0 Å². The molecule has 3 nitrogen and oxygen atoms in total. The number of hydrogen-bond acceptors (Lipinski definition) is 3. The Hall–Kier alpha value is -1.37. The molecule has 2 rings (SSSR count). The first-order valence-corrected chi connectivity index (χ1v) is 6.20. The van der Waals surface area contributed by atoms with E-state index in [2.05, 4.69) is 17.9 Å². The highest BCUT2D eigenvalue weighted by Crippen LogP contribution is 2.20. The van der Waals surface area contributed by atoms with Crippen molar-refractivity contribution in [2.45, 2.75) is 31.8 Å². The molecule has 2 N–H and O–H groups in total. The van der Waals surface area contributed by atoms with Crippen LogP contribution in [0, 0.1) is 11.3 Å². The van der Waals surface area contributed by atoms with Crippen molar-refractivity contribution >= 4 is 0 Å². The summed E-state index contributed by atoms with van der Waals surface area (Å²) in [5.41, 5.74) is 7.96. The molecule has 17 heavy (non-hydrogen) atoms. The molecule has 1 aromatic carbocycles. The van der Waals surface area contributed by atoms with Crippen molar-refractivity contribution in [2.24, 2.45) is 5.73 Å². The fourth-order valence-electron chi connectivity index (χ4n) is 2.46. The Labute approximate surface area is 103 Å². The van der Waals surface area contributed by atoms with Crippen LogP contribution >= 0.6 is 0 Å². The second kappa shape index (κ2) is 5.31. The van der Waals surface area contributed by atoms with E-state index in [0.717, 1.165) is 18.7 Å². The van der Waals surface area contributed by atoms with Crippen LogP contribution in [0.3, 0.4) is 0 Å². The highest BCUT2D eigenvalue weighted by molar-refractivity contribution is 5.34. The van der Waals surface area contributed by atoms with E-state index in [1.807, 2.05) is 24.3 Å². The highest BCUT2D eigenvalue weighted by Gasteiger charge is 2.22. The van der Waals surface area contributed by atoms with Crippen LogP contribution in [0.25, 0.3) is 0 Å². The topological polar surface area (TPSA) is 53.0 Å². The maximum absolute atomic E-state index is 8.87. The molecule has 90 valence electrons. The molecule has 0 saturated carbocycles. The average Bonchev–Trinajstić information content (AvgIpc) is 2.75. The van der Waals surface area contributed by atoms with E-state index in [1.54, 1.807) is 0 Å². The normalized spacial score (nSPS) is 22.3. The lowest BCUT2D eigenvalue weighted by atomic mass is 10.0. The lowest BCUT2D eigenvalue weighted by Gasteiger charge is -2.25. The molecule has 1 fully saturated rings. The molecule has 1 heterocycles. The van der Waals surface area contributed by atoms with Gasteiger partial charge in [0.15, 0.2) is 0 Å². The van der Waals surface area contributed by atoms with E-state index in [9.17, 15) is 0 Å². The quantitative estimate of drug-likeness (QED) is 0.863. The zero-order valence-electron chi connectivity index (χ0n) is 10.3. The first-order chi connectivity index (χ1) is 8.20. The smallest absolute Gasteiger partial charge is 0.0991 e. The lowest BCUT2D eigenvalue weighted by Crippen LogP contribution is -2.34. The van der Waals surface area contributed by atoms with Crippen LogP contribution < -0.4 is 5.73 Å². The fourth-order valence-corrected chi connectivity index (χ4v) is 2.46. The number of nitriles is 1. The van der Waals surface area contributed by atoms with Crippen molar-refractivity contribution in [2.75, 3.05) is 13.1 Å². The number of nitrogens with zero attached hydrogens (tertiary/aromatic N) is 2. The zero-order valence-corrected chi connectivity index (χ0v) is 10.3. The Morgan fingerprint density at radius 1 is 1.59 bits per heavy atom. The minimum atomic E-state index is 0.00356. The van der Waals surface area contributed by atoms with Gasteiger partial charge in [-0.15, -0.1) is 0 Å². The second-order valence-electron chi connectivity index (χ2n) is 4.83. The van der Waals surface area contributed by atoms with Crippen molar-refractivity contribution in [3.05, 3.63) is 35.4 Å². The molecule has 0 amide bonds. The molecule has 0 radical (unpaired) electrons. The molecule has 3 heteroatoms. The van der Waals surface area contributed by atoms with Crippen LogP contribution in [0.15, 0.2) is 24.3 Å². The number of benzene rings is 1. The Balaban J connectivity index is 2.04. The van der Waals surface area contributed by atoms with E-state index in [0.29, 0.717) is 11.6 Å². The molecule has 0 bridgehead atoms. The van der Waals surface area contributed by atoms with Gasteiger partial charge >= 0.3 is 0 Å². The molecule has 0 aromatic heterocycles. The van der Waals surface area contributed by atoms with Crippen LogP contribution in [0.2, 0.25) is 0 Å². The van der Waals surface area contributed by atoms with Gasteiger partial charge < -0.3 is 5.73 Å². The SMILES string of the molecule is CC1CCCN1C[C@@H](N)c1cccc(C#N)c1. The van der Waals surface area contributed by atoms with Crippen LogP contribution in [-0.2, 0) is 0 Å². The van der Waals surface area contributed by atoms with Crippen LogP contribution in [0.1, 0.15) is 36.9 Å². The van der Waals surface area contributed by atoms with Gasteiger partial charge in [-0.25, -0.2) is 0 Å². The summed E-state index contributed by atoms with van der Waals surface area (Å²) in [4.78, 5) is 2.43. The minimum absolute atomic E-state index is 0.00356. The summed E-state index contributed by atoms with van der Waals surface area (Å²) in [7, 11) is 0.